The molecule has 0 unspecified atom stereocenters. The summed E-state index contributed by atoms with van der Waals surface area (Å²) in [6, 6.07) is 17.9. The van der Waals surface area contributed by atoms with Gasteiger partial charge in [0.15, 0.2) is 0 Å². The molecule has 0 saturated heterocycles. The first-order valence-corrected chi connectivity index (χ1v) is 11.8. The Morgan fingerprint density at radius 2 is 1.53 bits per heavy atom. The molecule has 4 saturated carbocycles. The average Bonchev–Trinajstić information content (AvgIpc) is 2.77. The molecule has 5 nitrogen and oxygen atoms in total. The highest BCUT2D eigenvalue weighted by molar-refractivity contribution is 5.93. The molecule has 0 atom stereocenters. The minimum absolute atomic E-state index is 0.0512. The van der Waals surface area contributed by atoms with E-state index in [0.29, 0.717) is 5.41 Å². The molecule has 0 aromatic heterocycles. The molecule has 2 amide bonds. The molecule has 4 fully saturated rings. The van der Waals surface area contributed by atoms with E-state index in [9.17, 15) is 9.59 Å². The van der Waals surface area contributed by atoms with Crippen LogP contribution in [0.15, 0.2) is 54.6 Å². The Morgan fingerprint density at radius 1 is 0.938 bits per heavy atom. The van der Waals surface area contributed by atoms with Crippen LogP contribution in [0.2, 0.25) is 0 Å². The van der Waals surface area contributed by atoms with Gasteiger partial charge in [-0.3, -0.25) is 4.79 Å². The standard InChI is InChI=1S/C27H32N2O3/c1-29(26(31)32-18-19-5-3-2-4-6-19)17-25(30)28-24-9-7-23(8-10-24)27-14-20-11-21(15-27)13-22(12-20)16-27/h2-10,20-22H,11-18H2,1H3,(H,28,30). The summed E-state index contributed by atoms with van der Waals surface area (Å²) in [6.45, 7) is 0.141. The van der Waals surface area contributed by atoms with E-state index in [1.165, 1.54) is 49.0 Å². The first-order valence-electron chi connectivity index (χ1n) is 11.8. The van der Waals surface area contributed by atoms with Crippen LogP contribution in [0.5, 0.6) is 0 Å². The van der Waals surface area contributed by atoms with E-state index in [-0.39, 0.29) is 19.1 Å². The van der Waals surface area contributed by atoms with Crippen molar-refractivity contribution in [3.63, 3.8) is 0 Å². The van der Waals surface area contributed by atoms with Gasteiger partial charge in [-0.25, -0.2) is 4.79 Å². The van der Waals surface area contributed by atoms with Crippen LogP contribution in [-0.2, 0) is 21.6 Å². The van der Waals surface area contributed by atoms with Gasteiger partial charge in [0, 0.05) is 12.7 Å². The molecule has 5 heteroatoms. The van der Waals surface area contributed by atoms with Crippen LogP contribution in [-0.4, -0.2) is 30.5 Å². The second-order valence-corrected chi connectivity index (χ2v) is 10.2. The van der Waals surface area contributed by atoms with Crippen molar-refractivity contribution in [1.82, 2.24) is 4.90 Å². The molecular weight excluding hydrogens is 400 g/mol. The number of hydrogen-bond acceptors (Lipinski definition) is 3. The number of amides is 2. The zero-order chi connectivity index (χ0) is 22.1. The van der Waals surface area contributed by atoms with Gasteiger partial charge in [-0.1, -0.05) is 42.5 Å². The molecule has 0 heterocycles. The lowest BCUT2D eigenvalue weighted by Gasteiger charge is -2.57. The quantitative estimate of drug-likeness (QED) is 0.668. The average molecular weight is 433 g/mol. The number of ether oxygens (including phenoxy) is 1. The fraction of sp³-hybridized carbons (Fsp3) is 0.481. The molecule has 0 aliphatic heterocycles. The lowest BCUT2D eigenvalue weighted by Crippen LogP contribution is -2.48. The monoisotopic (exact) mass is 432 g/mol. The number of anilines is 1. The Balaban J connectivity index is 1.14. The van der Waals surface area contributed by atoms with Gasteiger partial charge in [-0.15, -0.1) is 0 Å². The molecule has 1 N–H and O–H groups in total. The summed E-state index contributed by atoms with van der Waals surface area (Å²) in [5.74, 6) is 2.51. The third-order valence-electron chi connectivity index (χ3n) is 7.72. The van der Waals surface area contributed by atoms with Crippen molar-refractivity contribution in [2.75, 3.05) is 18.9 Å². The van der Waals surface area contributed by atoms with Crippen molar-refractivity contribution >= 4 is 17.7 Å². The second kappa shape index (κ2) is 8.61. The van der Waals surface area contributed by atoms with Crippen LogP contribution in [0.1, 0.15) is 49.7 Å². The Bertz CT molecular complexity index is 935. The van der Waals surface area contributed by atoms with Crippen LogP contribution in [0.3, 0.4) is 0 Å². The Kier molecular flexibility index (Phi) is 5.66. The number of nitrogens with zero attached hydrogens (tertiary/aromatic N) is 1. The van der Waals surface area contributed by atoms with Gasteiger partial charge >= 0.3 is 6.09 Å². The molecule has 2 aromatic carbocycles. The summed E-state index contributed by atoms with van der Waals surface area (Å²) < 4.78 is 5.28. The minimum atomic E-state index is -0.513. The number of carbonyl (C=O) groups excluding carboxylic acids is 2. The Hall–Kier alpha value is -2.82. The SMILES string of the molecule is CN(CC(=O)Nc1ccc(C23CC4CC(CC(C4)C2)C3)cc1)C(=O)OCc1ccccc1. The van der Waals surface area contributed by atoms with E-state index in [1.54, 1.807) is 7.05 Å². The Morgan fingerprint density at radius 3 is 2.12 bits per heavy atom. The van der Waals surface area contributed by atoms with E-state index in [2.05, 4.69) is 17.4 Å². The lowest BCUT2D eigenvalue weighted by atomic mass is 9.48. The van der Waals surface area contributed by atoms with Crippen molar-refractivity contribution < 1.29 is 14.3 Å². The van der Waals surface area contributed by atoms with E-state index >= 15 is 0 Å². The Labute approximate surface area is 190 Å². The van der Waals surface area contributed by atoms with Crippen molar-refractivity contribution in [2.45, 2.75) is 50.5 Å². The van der Waals surface area contributed by atoms with Crippen molar-refractivity contribution in [1.29, 1.82) is 0 Å². The molecule has 4 bridgehead atoms. The number of hydrogen-bond donors (Lipinski definition) is 1. The second-order valence-electron chi connectivity index (χ2n) is 10.2. The normalized spacial score (nSPS) is 27.7. The summed E-state index contributed by atoms with van der Waals surface area (Å²) in [6.07, 6.45) is 7.81. The highest BCUT2D eigenvalue weighted by Gasteiger charge is 2.51. The van der Waals surface area contributed by atoms with Gasteiger partial charge in [-0.05, 0) is 85.0 Å². The summed E-state index contributed by atoms with van der Waals surface area (Å²) in [7, 11) is 1.57. The van der Waals surface area contributed by atoms with Crippen LogP contribution < -0.4 is 5.32 Å². The number of nitrogens with one attached hydrogen (secondary N) is 1. The summed E-state index contributed by atoms with van der Waals surface area (Å²) in [5.41, 5.74) is 3.49. The van der Waals surface area contributed by atoms with Gasteiger partial charge in [0.25, 0.3) is 0 Å². The van der Waals surface area contributed by atoms with Gasteiger partial charge in [0.2, 0.25) is 5.91 Å². The maximum absolute atomic E-state index is 12.4. The number of rotatable bonds is 6. The minimum Gasteiger partial charge on any atom is -0.445 e. The highest BCUT2D eigenvalue weighted by atomic mass is 16.6. The number of benzene rings is 2. The van der Waals surface area contributed by atoms with E-state index in [1.807, 2.05) is 42.5 Å². The maximum Gasteiger partial charge on any atom is 0.410 e. The maximum atomic E-state index is 12.4. The molecule has 4 aliphatic rings. The van der Waals surface area contributed by atoms with E-state index in [0.717, 1.165) is 29.0 Å². The van der Waals surface area contributed by atoms with Gasteiger partial charge in [0.1, 0.15) is 13.2 Å². The van der Waals surface area contributed by atoms with Gasteiger partial charge < -0.3 is 15.0 Å². The highest BCUT2D eigenvalue weighted by Crippen LogP contribution is 2.60. The molecule has 0 radical (unpaired) electrons. The third kappa shape index (κ3) is 4.38. The van der Waals surface area contributed by atoms with Crippen molar-refractivity contribution in [3.8, 4) is 0 Å². The van der Waals surface area contributed by atoms with Gasteiger partial charge in [-0.2, -0.15) is 0 Å². The predicted octanol–water partition coefficient (Wildman–Crippen LogP) is 5.36. The topological polar surface area (TPSA) is 58.6 Å². The fourth-order valence-corrected chi connectivity index (χ4v) is 6.68. The van der Waals surface area contributed by atoms with Crippen LogP contribution in [0.4, 0.5) is 10.5 Å². The molecule has 2 aromatic rings. The van der Waals surface area contributed by atoms with E-state index in [4.69, 9.17) is 4.74 Å². The number of likely N-dealkylation sites (N-methyl/N-ethyl adjacent to an activating group) is 1. The predicted molar refractivity (Wildman–Crippen MR) is 124 cm³/mol. The summed E-state index contributed by atoms with van der Waals surface area (Å²) in [5, 5.41) is 2.91. The van der Waals surface area contributed by atoms with Crippen LogP contribution >= 0.6 is 0 Å². The fourth-order valence-electron chi connectivity index (χ4n) is 6.68. The van der Waals surface area contributed by atoms with Crippen molar-refractivity contribution in [2.24, 2.45) is 17.8 Å². The van der Waals surface area contributed by atoms with Crippen LogP contribution in [0.25, 0.3) is 0 Å². The zero-order valence-corrected chi connectivity index (χ0v) is 18.8. The summed E-state index contributed by atoms with van der Waals surface area (Å²) >= 11 is 0. The zero-order valence-electron chi connectivity index (χ0n) is 18.8. The molecule has 4 aliphatic carbocycles. The largest absolute Gasteiger partial charge is 0.445 e. The third-order valence-corrected chi connectivity index (χ3v) is 7.72. The van der Waals surface area contributed by atoms with Crippen LogP contribution in [0, 0.1) is 17.8 Å². The molecular formula is C27H32N2O3. The smallest absolute Gasteiger partial charge is 0.410 e. The molecule has 168 valence electrons. The summed E-state index contributed by atoms with van der Waals surface area (Å²) in [4.78, 5) is 25.9. The molecule has 32 heavy (non-hydrogen) atoms. The first-order chi connectivity index (χ1) is 15.5. The number of carbonyl (C=O) groups is 2. The van der Waals surface area contributed by atoms with Crippen molar-refractivity contribution in [3.05, 3.63) is 65.7 Å². The molecule has 6 rings (SSSR count). The first kappa shape index (κ1) is 21.0. The molecule has 0 spiro atoms. The van der Waals surface area contributed by atoms with E-state index < -0.39 is 6.09 Å². The lowest BCUT2D eigenvalue weighted by molar-refractivity contribution is -0.116. The van der Waals surface area contributed by atoms with Gasteiger partial charge in [0.05, 0.1) is 0 Å².